The number of carbonyl (C=O) groups excluding carboxylic acids is 1. The molecule has 0 unspecified atom stereocenters. The van der Waals surface area contributed by atoms with E-state index in [0.29, 0.717) is 6.61 Å². The first-order valence-corrected chi connectivity index (χ1v) is 13.1. The Labute approximate surface area is 204 Å². The molecule has 0 N–H and O–H groups in total. The van der Waals surface area contributed by atoms with Crippen LogP contribution in [-0.2, 0) is 16.1 Å². The fourth-order valence-corrected chi connectivity index (χ4v) is 3.74. The van der Waals surface area contributed by atoms with Crippen LogP contribution in [0.25, 0.3) is 0 Å². The van der Waals surface area contributed by atoms with Gasteiger partial charge in [-0.3, -0.25) is 4.79 Å². The molecule has 0 amide bonds. The lowest BCUT2D eigenvalue weighted by molar-refractivity contribution is -0.144. The maximum absolute atomic E-state index is 11.3. The molecular weight excluding hydrogens is 440 g/mol. The summed E-state index contributed by atoms with van der Waals surface area (Å²) in [5.74, 6) is -0.437. The van der Waals surface area contributed by atoms with Crippen LogP contribution in [0.1, 0.15) is 122 Å². The van der Waals surface area contributed by atoms with E-state index in [9.17, 15) is 4.79 Å². The first-order chi connectivity index (χ1) is 16.2. The van der Waals surface area contributed by atoms with Gasteiger partial charge in [-0.1, -0.05) is 103 Å². The van der Waals surface area contributed by atoms with Crippen LogP contribution in [0.5, 0.6) is 6.01 Å². The van der Waals surface area contributed by atoms with Gasteiger partial charge in [0.1, 0.15) is 6.42 Å². The van der Waals surface area contributed by atoms with Gasteiger partial charge in [0.25, 0.3) is 0 Å². The predicted molar refractivity (Wildman–Crippen MR) is 130 cm³/mol. The van der Waals surface area contributed by atoms with E-state index in [1.165, 1.54) is 89.9 Å². The van der Waals surface area contributed by atoms with E-state index < -0.39 is 5.97 Å². The van der Waals surface area contributed by atoms with E-state index in [0.717, 1.165) is 12.8 Å². The van der Waals surface area contributed by atoms with Crippen LogP contribution < -0.4 is 4.74 Å². The van der Waals surface area contributed by atoms with Crippen LogP contribution >= 0.6 is 11.6 Å². The van der Waals surface area contributed by atoms with Gasteiger partial charge in [-0.05, 0) is 18.0 Å². The number of unbranched alkanes of at least 4 members (excludes halogenated alkanes) is 15. The molecule has 0 spiro atoms. The Hall–Kier alpha value is -1.94. The van der Waals surface area contributed by atoms with Gasteiger partial charge >= 0.3 is 12.0 Å². The molecule has 0 atom stereocenters. The van der Waals surface area contributed by atoms with Gasteiger partial charge in [-0.25, -0.2) is 0 Å². The van der Waals surface area contributed by atoms with Crippen molar-refractivity contribution in [1.82, 2.24) is 15.0 Å². The van der Waals surface area contributed by atoms with Crippen LogP contribution in [0.15, 0.2) is 0 Å². The second-order valence-corrected chi connectivity index (χ2v) is 8.79. The molecule has 1 aromatic heterocycles. The van der Waals surface area contributed by atoms with Crippen molar-refractivity contribution in [1.29, 1.82) is 5.26 Å². The van der Waals surface area contributed by atoms with E-state index in [1.54, 1.807) is 6.07 Å². The number of ether oxygens (including phenoxy) is 2. The Morgan fingerprint density at radius 3 is 1.85 bits per heavy atom. The van der Waals surface area contributed by atoms with Crippen molar-refractivity contribution < 1.29 is 14.3 Å². The Morgan fingerprint density at radius 2 is 1.33 bits per heavy atom. The molecule has 0 radical (unpaired) electrons. The molecule has 1 rings (SSSR count). The van der Waals surface area contributed by atoms with Gasteiger partial charge in [-0.2, -0.15) is 20.2 Å². The fraction of sp³-hybridized carbons (Fsp3) is 0.800. The lowest BCUT2D eigenvalue weighted by Crippen LogP contribution is -2.09. The summed E-state index contributed by atoms with van der Waals surface area (Å²) in [6, 6.07) is 1.85. The Kier molecular flexibility index (Phi) is 18.2. The zero-order valence-corrected chi connectivity index (χ0v) is 21.1. The molecule has 0 aliphatic heterocycles. The summed E-state index contributed by atoms with van der Waals surface area (Å²) in [6.45, 7) is 2.61. The summed E-state index contributed by atoms with van der Waals surface area (Å²) in [6.07, 6.45) is 20.8. The topological polar surface area (TPSA) is 98.0 Å². The number of rotatable bonds is 21. The standard InChI is InChI=1S/C25H41ClN4O3/c1-2-3-4-5-6-7-8-9-10-11-12-13-14-15-16-17-20-32-25-29-22(28-24(26)30-25)21-33-23(31)18-19-27/h2-18,20-21H2,1H3. The maximum Gasteiger partial charge on any atom is 0.321 e. The molecule has 0 aliphatic rings. The molecule has 8 heteroatoms. The van der Waals surface area contributed by atoms with Gasteiger partial charge in [0.15, 0.2) is 12.4 Å². The molecule has 0 saturated heterocycles. The summed E-state index contributed by atoms with van der Waals surface area (Å²) < 4.78 is 10.4. The summed E-state index contributed by atoms with van der Waals surface area (Å²) in [5, 5.41) is 8.45. The number of carbonyl (C=O) groups is 1. The van der Waals surface area contributed by atoms with Crippen LogP contribution in [0, 0.1) is 11.3 Å². The number of hydrogen-bond donors (Lipinski definition) is 0. The van der Waals surface area contributed by atoms with E-state index in [1.807, 2.05) is 0 Å². The first kappa shape index (κ1) is 29.1. The van der Waals surface area contributed by atoms with Crippen molar-refractivity contribution in [2.45, 2.75) is 123 Å². The van der Waals surface area contributed by atoms with Crippen LogP contribution in [0.2, 0.25) is 5.28 Å². The third-order valence-electron chi connectivity index (χ3n) is 5.45. The van der Waals surface area contributed by atoms with Crippen LogP contribution in [0.4, 0.5) is 0 Å². The monoisotopic (exact) mass is 480 g/mol. The number of nitriles is 1. The summed E-state index contributed by atoms with van der Waals surface area (Å²) in [5.41, 5.74) is 0. The normalized spacial score (nSPS) is 10.7. The second-order valence-electron chi connectivity index (χ2n) is 8.45. The zero-order valence-electron chi connectivity index (χ0n) is 20.3. The highest BCUT2D eigenvalue weighted by Crippen LogP contribution is 2.14. The number of aromatic nitrogens is 3. The van der Waals surface area contributed by atoms with E-state index in [2.05, 4.69) is 21.9 Å². The molecule has 0 aromatic carbocycles. The molecule has 33 heavy (non-hydrogen) atoms. The molecular formula is C25H41ClN4O3. The third kappa shape index (κ3) is 17.2. The van der Waals surface area contributed by atoms with Crippen molar-refractivity contribution in [3.63, 3.8) is 0 Å². The quantitative estimate of drug-likeness (QED) is 0.136. The highest BCUT2D eigenvalue weighted by molar-refractivity contribution is 6.28. The minimum absolute atomic E-state index is 0.0155. The van der Waals surface area contributed by atoms with E-state index in [-0.39, 0.29) is 30.1 Å². The van der Waals surface area contributed by atoms with Crippen LogP contribution in [0.3, 0.4) is 0 Å². The molecule has 186 valence electrons. The lowest BCUT2D eigenvalue weighted by Gasteiger charge is -2.07. The van der Waals surface area contributed by atoms with Gasteiger partial charge in [0.05, 0.1) is 12.7 Å². The highest BCUT2D eigenvalue weighted by Gasteiger charge is 2.09. The Bertz CT molecular complexity index is 682. The van der Waals surface area contributed by atoms with Crippen molar-refractivity contribution in [3.05, 3.63) is 11.1 Å². The highest BCUT2D eigenvalue weighted by atomic mass is 35.5. The van der Waals surface area contributed by atoms with Crippen LogP contribution in [-0.4, -0.2) is 27.5 Å². The van der Waals surface area contributed by atoms with Crippen molar-refractivity contribution >= 4 is 17.6 Å². The molecule has 1 heterocycles. The van der Waals surface area contributed by atoms with Gasteiger partial charge in [-0.15, -0.1) is 0 Å². The maximum atomic E-state index is 11.3. The minimum Gasteiger partial charge on any atom is -0.463 e. The Morgan fingerprint density at radius 1 is 0.818 bits per heavy atom. The molecule has 7 nitrogen and oxygen atoms in total. The number of hydrogen-bond acceptors (Lipinski definition) is 7. The molecule has 0 saturated carbocycles. The van der Waals surface area contributed by atoms with Crippen molar-refractivity contribution in [3.8, 4) is 12.1 Å². The number of nitrogens with zero attached hydrogens (tertiary/aromatic N) is 4. The summed E-state index contributed by atoms with van der Waals surface area (Å²) in [4.78, 5) is 23.2. The van der Waals surface area contributed by atoms with E-state index >= 15 is 0 Å². The second kappa shape index (κ2) is 20.7. The Balaban J connectivity index is 1.96. The predicted octanol–water partition coefficient (Wildman–Crippen LogP) is 7.12. The molecule has 0 fully saturated rings. The van der Waals surface area contributed by atoms with E-state index in [4.69, 9.17) is 26.3 Å². The van der Waals surface area contributed by atoms with Crippen molar-refractivity contribution in [2.75, 3.05) is 6.61 Å². The van der Waals surface area contributed by atoms with Gasteiger partial charge in [0, 0.05) is 0 Å². The van der Waals surface area contributed by atoms with Gasteiger partial charge < -0.3 is 9.47 Å². The first-order valence-electron chi connectivity index (χ1n) is 12.7. The SMILES string of the molecule is CCCCCCCCCCCCCCCCCCOc1nc(Cl)nc(COC(=O)CC#N)n1. The average molecular weight is 481 g/mol. The number of halogens is 1. The average Bonchev–Trinajstić information content (AvgIpc) is 2.79. The van der Waals surface area contributed by atoms with Crippen molar-refractivity contribution in [2.24, 2.45) is 0 Å². The third-order valence-corrected chi connectivity index (χ3v) is 5.62. The largest absolute Gasteiger partial charge is 0.463 e. The lowest BCUT2D eigenvalue weighted by atomic mass is 10.0. The number of esters is 1. The molecule has 0 aliphatic carbocycles. The minimum atomic E-state index is -0.635. The molecule has 0 bridgehead atoms. The fourth-order valence-electron chi connectivity index (χ4n) is 3.57. The summed E-state index contributed by atoms with van der Waals surface area (Å²) >= 11 is 5.87. The molecule has 1 aromatic rings. The summed E-state index contributed by atoms with van der Waals surface area (Å²) in [7, 11) is 0. The van der Waals surface area contributed by atoms with Gasteiger partial charge in [0.2, 0.25) is 5.28 Å². The zero-order chi connectivity index (χ0) is 24.0. The smallest absolute Gasteiger partial charge is 0.321 e.